The number of ether oxygens (including phenoxy) is 3. The molecular formula is C28H26N2O6S. The molecule has 0 fully saturated rings. The van der Waals surface area contributed by atoms with Crippen LogP contribution in [-0.4, -0.2) is 28.6 Å². The summed E-state index contributed by atoms with van der Waals surface area (Å²) in [7, 11) is -1.12. The topological polar surface area (TPSA) is 117 Å². The minimum atomic E-state index is -4.13. The fraction of sp³-hybridized carbons (Fsp3) is 0.107. The Morgan fingerprint density at radius 3 is 2.30 bits per heavy atom. The number of nitrogen functional groups attached to an aromatic ring is 1. The lowest BCUT2D eigenvalue weighted by atomic mass is 10.0. The van der Waals surface area contributed by atoms with Crippen LogP contribution in [0.15, 0.2) is 95.9 Å². The van der Waals surface area contributed by atoms with E-state index in [1.54, 1.807) is 36.4 Å². The summed E-state index contributed by atoms with van der Waals surface area (Å²) in [4.78, 5) is 12.7. The van der Waals surface area contributed by atoms with Crippen LogP contribution in [0.25, 0.3) is 11.1 Å². The Labute approximate surface area is 215 Å². The fourth-order valence-corrected chi connectivity index (χ4v) is 4.85. The third-order valence-electron chi connectivity index (χ3n) is 5.61. The Kier molecular flexibility index (Phi) is 7.76. The van der Waals surface area contributed by atoms with Gasteiger partial charge in [0.2, 0.25) is 10.0 Å². The number of anilines is 1. The molecule has 9 heteroatoms. The molecule has 0 saturated heterocycles. The Hall–Kier alpha value is -4.34. The summed E-state index contributed by atoms with van der Waals surface area (Å²) in [5, 5.41) is 0. The number of carbonyl (C=O) groups excluding carboxylic acids is 1. The smallest absolute Gasteiger partial charge is 0.343 e. The van der Waals surface area contributed by atoms with Crippen LogP contribution in [0.2, 0.25) is 0 Å². The van der Waals surface area contributed by atoms with Gasteiger partial charge in [0.1, 0.15) is 16.4 Å². The number of rotatable bonds is 9. The van der Waals surface area contributed by atoms with Crippen LogP contribution in [0.3, 0.4) is 0 Å². The standard InChI is InChI=1S/C28H26N2O6S/c1-34-24-13-11-22(26(17-24)35-2)18-30-37(32,33)27-16-23(29)12-14-25(27)36-28(31)21-10-6-9-20(15-21)19-7-4-3-5-8-19/h3-17,30H,18,29H2,1-2H3. The zero-order valence-electron chi connectivity index (χ0n) is 20.3. The highest BCUT2D eigenvalue weighted by atomic mass is 32.2. The van der Waals surface area contributed by atoms with E-state index in [0.29, 0.717) is 17.1 Å². The predicted molar refractivity (Wildman–Crippen MR) is 141 cm³/mol. The molecule has 0 saturated carbocycles. The second kappa shape index (κ2) is 11.2. The number of carbonyl (C=O) groups is 1. The van der Waals surface area contributed by atoms with Crippen LogP contribution >= 0.6 is 0 Å². The molecule has 4 aromatic rings. The summed E-state index contributed by atoms with van der Waals surface area (Å²) in [5.74, 6) is 0.193. The second-order valence-electron chi connectivity index (χ2n) is 8.04. The van der Waals surface area contributed by atoms with Crippen molar-refractivity contribution in [3.63, 3.8) is 0 Å². The molecule has 0 aliphatic carbocycles. The number of benzene rings is 4. The van der Waals surface area contributed by atoms with Crippen molar-refractivity contribution in [3.8, 4) is 28.4 Å². The first-order valence-corrected chi connectivity index (χ1v) is 12.8. The Balaban J connectivity index is 1.58. The fourth-order valence-electron chi connectivity index (χ4n) is 3.68. The van der Waals surface area contributed by atoms with Crippen molar-refractivity contribution in [2.75, 3.05) is 20.0 Å². The van der Waals surface area contributed by atoms with Gasteiger partial charge in [-0.3, -0.25) is 0 Å². The summed E-state index contributed by atoms with van der Waals surface area (Å²) in [6.07, 6.45) is 0. The van der Waals surface area contributed by atoms with Crippen LogP contribution in [0.4, 0.5) is 5.69 Å². The third-order valence-corrected chi connectivity index (χ3v) is 7.03. The molecule has 0 radical (unpaired) electrons. The second-order valence-corrected chi connectivity index (χ2v) is 9.78. The van der Waals surface area contributed by atoms with E-state index in [-0.39, 0.29) is 28.4 Å². The van der Waals surface area contributed by atoms with Gasteiger partial charge in [0, 0.05) is 23.9 Å². The largest absolute Gasteiger partial charge is 0.497 e. The summed E-state index contributed by atoms with van der Waals surface area (Å²) in [6.45, 7) is -0.0726. The van der Waals surface area contributed by atoms with Crippen molar-refractivity contribution >= 4 is 21.7 Å². The molecule has 0 aromatic heterocycles. The lowest BCUT2D eigenvalue weighted by Gasteiger charge is -2.14. The van der Waals surface area contributed by atoms with E-state index < -0.39 is 16.0 Å². The van der Waals surface area contributed by atoms with E-state index in [1.165, 1.54) is 32.4 Å². The quantitative estimate of drug-likeness (QED) is 0.188. The molecule has 0 atom stereocenters. The average molecular weight is 519 g/mol. The normalized spacial score (nSPS) is 11.1. The molecule has 0 heterocycles. The van der Waals surface area contributed by atoms with Gasteiger partial charge in [-0.25, -0.2) is 17.9 Å². The van der Waals surface area contributed by atoms with Crippen molar-refractivity contribution in [1.82, 2.24) is 4.72 Å². The summed E-state index contributed by atoms with van der Waals surface area (Å²) >= 11 is 0. The van der Waals surface area contributed by atoms with Gasteiger partial charge in [-0.15, -0.1) is 0 Å². The summed E-state index contributed by atoms with van der Waals surface area (Å²) in [6, 6.07) is 25.6. The molecular weight excluding hydrogens is 492 g/mol. The van der Waals surface area contributed by atoms with Crippen molar-refractivity contribution in [2.24, 2.45) is 0 Å². The minimum absolute atomic E-state index is 0.0726. The SMILES string of the molecule is COc1ccc(CNS(=O)(=O)c2cc(N)ccc2OC(=O)c2cccc(-c3ccccc3)c2)c(OC)c1. The van der Waals surface area contributed by atoms with Gasteiger partial charge in [0.25, 0.3) is 0 Å². The Bertz CT molecular complexity index is 1520. The number of esters is 1. The molecule has 8 nitrogen and oxygen atoms in total. The first kappa shape index (κ1) is 25.7. The molecule has 4 aromatic carbocycles. The molecule has 0 aliphatic heterocycles. The molecule has 37 heavy (non-hydrogen) atoms. The zero-order chi connectivity index (χ0) is 26.4. The summed E-state index contributed by atoms with van der Waals surface area (Å²) in [5.41, 5.74) is 8.70. The van der Waals surface area contributed by atoms with Gasteiger partial charge < -0.3 is 19.9 Å². The van der Waals surface area contributed by atoms with Crippen molar-refractivity contribution in [3.05, 3.63) is 102 Å². The van der Waals surface area contributed by atoms with Crippen molar-refractivity contribution in [2.45, 2.75) is 11.4 Å². The average Bonchev–Trinajstić information content (AvgIpc) is 2.93. The number of sulfonamides is 1. The lowest BCUT2D eigenvalue weighted by Crippen LogP contribution is -2.25. The zero-order valence-corrected chi connectivity index (χ0v) is 21.1. The molecule has 4 rings (SSSR count). The molecule has 0 unspecified atom stereocenters. The van der Waals surface area contributed by atoms with Crippen LogP contribution in [0.5, 0.6) is 17.2 Å². The highest BCUT2D eigenvalue weighted by molar-refractivity contribution is 7.89. The Morgan fingerprint density at radius 1 is 0.811 bits per heavy atom. The first-order valence-electron chi connectivity index (χ1n) is 11.3. The molecule has 190 valence electrons. The molecule has 0 amide bonds. The van der Waals surface area contributed by atoms with Gasteiger partial charge in [-0.2, -0.15) is 0 Å². The van der Waals surface area contributed by atoms with E-state index in [9.17, 15) is 13.2 Å². The van der Waals surface area contributed by atoms with E-state index in [4.69, 9.17) is 19.9 Å². The minimum Gasteiger partial charge on any atom is -0.497 e. The third kappa shape index (κ3) is 6.08. The van der Waals surface area contributed by atoms with Gasteiger partial charge in [0.05, 0.1) is 19.8 Å². The van der Waals surface area contributed by atoms with E-state index in [1.807, 2.05) is 36.4 Å². The van der Waals surface area contributed by atoms with Gasteiger partial charge in [-0.1, -0.05) is 48.5 Å². The van der Waals surface area contributed by atoms with Gasteiger partial charge in [0.15, 0.2) is 5.75 Å². The molecule has 3 N–H and O–H groups in total. The number of nitrogens with two attached hydrogens (primary N) is 1. The van der Waals surface area contributed by atoms with Crippen molar-refractivity contribution < 1.29 is 27.4 Å². The molecule has 0 spiro atoms. The molecule has 0 aliphatic rings. The highest BCUT2D eigenvalue weighted by Crippen LogP contribution is 2.29. The predicted octanol–water partition coefficient (Wildman–Crippen LogP) is 4.65. The van der Waals surface area contributed by atoms with Crippen LogP contribution in [-0.2, 0) is 16.6 Å². The Morgan fingerprint density at radius 2 is 1.57 bits per heavy atom. The molecule has 0 bridgehead atoms. The van der Waals surface area contributed by atoms with Crippen molar-refractivity contribution in [1.29, 1.82) is 0 Å². The highest BCUT2D eigenvalue weighted by Gasteiger charge is 2.23. The van der Waals surface area contributed by atoms with Gasteiger partial charge in [-0.05, 0) is 47.5 Å². The maximum Gasteiger partial charge on any atom is 0.343 e. The monoisotopic (exact) mass is 518 g/mol. The van der Waals surface area contributed by atoms with Crippen LogP contribution < -0.4 is 24.7 Å². The number of nitrogens with one attached hydrogen (secondary N) is 1. The first-order chi connectivity index (χ1) is 17.8. The van der Waals surface area contributed by atoms with Crippen LogP contribution in [0, 0.1) is 0 Å². The maximum atomic E-state index is 13.2. The number of hydrogen-bond acceptors (Lipinski definition) is 7. The van der Waals surface area contributed by atoms with E-state index in [2.05, 4.69) is 4.72 Å². The van der Waals surface area contributed by atoms with E-state index >= 15 is 0 Å². The van der Waals surface area contributed by atoms with Crippen LogP contribution in [0.1, 0.15) is 15.9 Å². The number of hydrogen-bond donors (Lipinski definition) is 2. The van der Waals surface area contributed by atoms with Gasteiger partial charge >= 0.3 is 5.97 Å². The van der Waals surface area contributed by atoms with E-state index in [0.717, 1.165) is 11.1 Å². The lowest BCUT2D eigenvalue weighted by molar-refractivity contribution is 0.0730. The maximum absolute atomic E-state index is 13.2. The summed E-state index contributed by atoms with van der Waals surface area (Å²) < 4.78 is 45.0. The number of methoxy groups -OCH3 is 2.